The molecule has 1 amide bonds. The van der Waals surface area contributed by atoms with Gasteiger partial charge in [-0.2, -0.15) is 0 Å². The lowest BCUT2D eigenvalue weighted by molar-refractivity contribution is -0.132. The summed E-state index contributed by atoms with van der Waals surface area (Å²) in [4.78, 5) is 18.4. The lowest BCUT2D eigenvalue weighted by Gasteiger charge is -2.36. The smallest absolute Gasteiger partial charge is 0.236 e. The zero-order valence-electron chi connectivity index (χ0n) is 15.4. The fourth-order valence-electron chi connectivity index (χ4n) is 3.43. The molecule has 2 heterocycles. The lowest BCUT2D eigenvalue weighted by Crippen LogP contribution is -2.50. The number of piperidine rings is 1. The number of ether oxygens (including phenoxy) is 1. The summed E-state index contributed by atoms with van der Waals surface area (Å²) in [7, 11) is 3.86. The molecule has 2 saturated heterocycles. The quantitative estimate of drug-likeness (QED) is 0.863. The van der Waals surface area contributed by atoms with Crippen molar-refractivity contribution < 1.29 is 9.53 Å². The first kappa shape index (κ1) is 18.0. The third-order valence-electron chi connectivity index (χ3n) is 4.84. The van der Waals surface area contributed by atoms with Gasteiger partial charge in [0.05, 0.1) is 6.54 Å². The van der Waals surface area contributed by atoms with E-state index in [0.29, 0.717) is 6.54 Å². The van der Waals surface area contributed by atoms with Crippen LogP contribution in [-0.4, -0.2) is 81.7 Å². The maximum atomic E-state index is 12.1. The van der Waals surface area contributed by atoms with Gasteiger partial charge in [-0.05, 0) is 57.7 Å². The van der Waals surface area contributed by atoms with Crippen molar-refractivity contribution in [2.75, 3.05) is 64.8 Å². The van der Waals surface area contributed by atoms with Crippen LogP contribution < -0.4 is 15.0 Å². The van der Waals surface area contributed by atoms with Crippen LogP contribution in [-0.2, 0) is 4.79 Å². The molecule has 1 unspecified atom stereocenters. The van der Waals surface area contributed by atoms with Crippen LogP contribution in [0, 0.1) is 0 Å². The molecule has 2 aliphatic heterocycles. The molecule has 3 rings (SSSR count). The summed E-state index contributed by atoms with van der Waals surface area (Å²) in [6.07, 6.45) is 2.59. The Kier molecular flexibility index (Phi) is 6.15. The molecule has 6 nitrogen and oxygen atoms in total. The maximum Gasteiger partial charge on any atom is 0.236 e. The summed E-state index contributed by atoms with van der Waals surface area (Å²) in [6.45, 7) is 5.86. The van der Waals surface area contributed by atoms with E-state index in [4.69, 9.17) is 4.74 Å². The van der Waals surface area contributed by atoms with Crippen molar-refractivity contribution in [3.05, 3.63) is 24.3 Å². The van der Waals surface area contributed by atoms with E-state index in [1.54, 1.807) is 0 Å². The molecule has 138 valence electrons. The lowest BCUT2D eigenvalue weighted by atomic mass is 10.1. The van der Waals surface area contributed by atoms with E-state index in [9.17, 15) is 4.79 Å². The van der Waals surface area contributed by atoms with Crippen LogP contribution in [0.25, 0.3) is 0 Å². The van der Waals surface area contributed by atoms with Crippen LogP contribution in [0.5, 0.6) is 5.75 Å². The minimum Gasteiger partial charge on any atom is -0.489 e. The molecule has 0 radical (unpaired) electrons. The van der Waals surface area contributed by atoms with Crippen molar-refractivity contribution in [3.8, 4) is 5.75 Å². The normalized spacial score (nSPS) is 21.5. The molecule has 6 heteroatoms. The van der Waals surface area contributed by atoms with Crippen LogP contribution in [0.1, 0.15) is 12.8 Å². The third-order valence-corrected chi connectivity index (χ3v) is 4.84. The molecule has 0 saturated carbocycles. The Hall–Kier alpha value is -1.79. The first-order valence-electron chi connectivity index (χ1n) is 9.27. The maximum absolute atomic E-state index is 12.1. The fourth-order valence-corrected chi connectivity index (χ4v) is 3.43. The Labute approximate surface area is 150 Å². The van der Waals surface area contributed by atoms with Gasteiger partial charge in [0.1, 0.15) is 11.9 Å². The van der Waals surface area contributed by atoms with E-state index in [1.165, 1.54) is 12.1 Å². The topological polar surface area (TPSA) is 48.1 Å². The van der Waals surface area contributed by atoms with E-state index in [-0.39, 0.29) is 12.0 Å². The number of nitrogens with zero attached hydrogens (tertiary/aromatic N) is 3. The molecule has 1 atom stereocenters. The number of carbonyl (C=O) groups excluding carboxylic acids is 1. The highest BCUT2D eigenvalue weighted by Gasteiger charge is 2.21. The minimum atomic E-state index is 0.217. The van der Waals surface area contributed by atoms with Crippen LogP contribution in [0.2, 0.25) is 0 Å². The van der Waals surface area contributed by atoms with Crippen LogP contribution >= 0.6 is 0 Å². The van der Waals surface area contributed by atoms with Gasteiger partial charge in [0.25, 0.3) is 0 Å². The summed E-state index contributed by atoms with van der Waals surface area (Å²) in [5, 5.41) is 3.37. The van der Waals surface area contributed by atoms with E-state index < -0.39 is 0 Å². The van der Waals surface area contributed by atoms with Gasteiger partial charge in [0.15, 0.2) is 0 Å². The number of likely N-dealkylation sites (N-methyl/N-ethyl adjacent to an activating group) is 1. The first-order valence-corrected chi connectivity index (χ1v) is 9.27. The SMILES string of the molecule is CN(C)CC(=O)N1CCN(c2ccc(OC3CCCNC3)cc2)CC1. The van der Waals surface area contributed by atoms with E-state index in [2.05, 4.69) is 34.5 Å². The molecule has 2 fully saturated rings. The molecule has 0 spiro atoms. The van der Waals surface area contributed by atoms with Crippen LogP contribution in [0.3, 0.4) is 0 Å². The van der Waals surface area contributed by atoms with E-state index in [0.717, 1.165) is 51.4 Å². The van der Waals surface area contributed by atoms with Crippen molar-refractivity contribution >= 4 is 11.6 Å². The summed E-state index contributed by atoms with van der Waals surface area (Å²) in [6, 6.07) is 8.38. The van der Waals surface area contributed by atoms with Crippen LogP contribution in [0.15, 0.2) is 24.3 Å². The molecule has 0 bridgehead atoms. The zero-order chi connectivity index (χ0) is 17.6. The Balaban J connectivity index is 1.49. The highest BCUT2D eigenvalue weighted by Crippen LogP contribution is 2.22. The number of hydrogen-bond acceptors (Lipinski definition) is 5. The van der Waals surface area contributed by atoms with Gasteiger partial charge in [-0.25, -0.2) is 0 Å². The summed E-state index contributed by atoms with van der Waals surface area (Å²) in [5.74, 6) is 1.16. The number of carbonyl (C=O) groups is 1. The second-order valence-electron chi connectivity index (χ2n) is 7.19. The number of benzene rings is 1. The van der Waals surface area contributed by atoms with Crippen molar-refractivity contribution in [3.63, 3.8) is 0 Å². The molecule has 0 aromatic heterocycles. The van der Waals surface area contributed by atoms with Crippen molar-refractivity contribution in [1.29, 1.82) is 0 Å². The number of hydrogen-bond donors (Lipinski definition) is 1. The van der Waals surface area contributed by atoms with Gasteiger partial charge in [-0.15, -0.1) is 0 Å². The van der Waals surface area contributed by atoms with Crippen molar-refractivity contribution in [2.45, 2.75) is 18.9 Å². The Morgan fingerprint density at radius 2 is 1.92 bits per heavy atom. The van der Waals surface area contributed by atoms with Gasteiger partial charge in [0.2, 0.25) is 5.91 Å². The van der Waals surface area contributed by atoms with Gasteiger partial charge in [-0.3, -0.25) is 4.79 Å². The number of nitrogens with one attached hydrogen (secondary N) is 1. The Morgan fingerprint density at radius 3 is 2.52 bits per heavy atom. The van der Waals surface area contributed by atoms with Gasteiger partial charge >= 0.3 is 0 Å². The predicted octanol–water partition coefficient (Wildman–Crippen LogP) is 1.03. The first-order chi connectivity index (χ1) is 12.1. The minimum absolute atomic E-state index is 0.217. The summed E-state index contributed by atoms with van der Waals surface area (Å²) >= 11 is 0. The molecule has 1 N–H and O–H groups in total. The summed E-state index contributed by atoms with van der Waals surface area (Å²) < 4.78 is 6.04. The zero-order valence-corrected chi connectivity index (χ0v) is 15.4. The molecule has 25 heavy (non-hydrogen) atoms. The molecule has 1 aromatic carbocycles. The largest absolute Gasteiger partial charge is 0.489 e. The number of amides is 1. The average molecular weight is 346 g/mol. The molecular weight excluding hydrogens is 316 g/mol. The highest BCUT2D eigenvalue weighted by atomic mass is 16.5. The second kappa shape index (κ2) is 8.54. The Morgan fingerprint density at radius 1 is 1.20 bits per heavy atom. The average Bonchev–Trinajstić information content (AvgIpc) is 2.63. The third kappa shape index (κ3) is 5.09. The van der Waals surface area contributed by atoms with Gasteiger partial charge < -0.3 is 24.8 Å². The van der Waals surface area contributed by atoms with Crippen molar-refractivity contribution in [1.82, 2.24) is 15.1 Å². The summed E-state index contributed by atoms with van der Waals surface area (Å²) in [5.41, 5.74) is 1.20. The highest BCUT2D eigenvalue weighted by molar-refractivity contribution is 5.78. The predicted molar refractivity (Wildman–Crippen MR) is 100 cm³/mol. The van der Waals surface area contributed by atoms with E-state index >= 15 is 0 Å². The van der Waals surface area contributed by atoms with Gasteiger partial charge in [0, 0.05) is 38.4 Å². The Bertz CT molecular complexity index is 547. The van der Waals surface area contributed by atoms with Crippen molar-refractivity contribution in [2.24, 2.45) is 0 Å². The number of rotatable bonds is 5. The molecule has 2 aliphatic rings. The van der Waals surface area contributed by atoms with Gasteiger partial charge in [-0.1, -0.05) is 0 Å². The molecule has 1 aromatic rings. The standard InChI is InChI=1S/C19H30N4O2/c1-21(2)15-19(24)23-12-10-22(11-13-23)16-5-7-17(8-6-16)25-18-4-3-9-20-14-18/h5-8,18,20H,3-4,9-15H2,1-2H3. The second-order valence-corrected chi connectivity index (χ2v) is 7.19. The number of piperazine rings is 1. The van der Waals surface area contributed by atoms with E-state index in [1.807, 2.05) is 23.9 Å². The fraction of sp³-hybridized carbons (Fsp3) is 0.632. The molecule has 0 aliphatic carbocycles. The molecular formula is C19H30N4O2. The number of anilines is 1. The monoisotopic (exact) mass is 346 g/mol. The van der Waals surface area contributed by atoms with Crippen LogP contribution in [0.4, 0.5) is 5.69 Å².